The first-order valence-corrected chi connectivity index (χ1v) is 10.7. The number of carbonyl (C=O) groups is 3. The summed E-state index contributed by atoms with van der Waals surface area (Å²) in [6.07, 6.45) is -2.96. The SMILES string of the molecule is C=CCNC(=O)[C@@H](C(C)C)N1CC2=C(C1=O)[C@@H](c1ccc(C(F)(F)F)cc1)NC(=O)N2CC. The number of urea groups is 1. The van der Waals surface area contributed by atoms with Crippen molar-refractivity contribution in [2.75, 3.05) is 19.6 Å². The molecule has 178 valence electrons. The van der Waals surface area contributed by atoms with Crippen LogP contribution in [-0.4, -0.2) is 53.3 Å². The molecule has 0 aliphatic carbocycles. The smallest absolute Gasteiger partial charge is 0.351 e. The number of hydrogen-bond donors (Lipinski definition) is 2. The highest BCUT2D eigenvalue weighted by Gasteiger charge is 2.47. The first-order chi connectivity index (χ1) is 15.5. The van der Waals surface area contributed by atoms with E-state index in [4.69, 9.17) is 0 Å². The molecule has 0 unspecified atom stereocenters. The number of benzene rings is 1. The number of nitrogens with one attached hydrogen (secondary N) is 2. The lowest BCUT2D eigenvalue weighted by atomic mass is 9.94. The van der Waals surface area contributed by atoms with Crippen LogP contribution in [0, 0.1) is 5.92 Å². The molecule has 2 aliphatic rings. The first-order valence-electron chi connectivity index (χ1n) is 10.7. The van der Waals surface area contributed by atoms with Crippen molar-refractivity contribution in [1.82, 2.24) is 20.4 Å². The van der Waals surface area contributed by atoms with Crippen molar-refractivity contribution in [3.05, 3.63) is 59.3 Å². The maximum atomic E-state index is 13.6. The highest BCUT2D eigenvalue weighted by atomic mass is 19.4. The minimum Gasteiger partial charge on any atom is -0.351 e. The summed E-state index contributed by atoms with van der Waals surface area (Å²) < 4.78 is 39.0. The van der Waals surface area contributed by atoms with Crippen LogP contribution < -0.4 is 10.6 Å². The van der Waals surface area contributed by atoms with Crippen molar-refractivity contribution in [3.8, 4) is 0 Å². The van der Waals surface area contributed by atoms with Gasteiger partial charge in [-0.3, -0.25) is 14.5 Å². The topological polar surface area (TPSA) is 81.8 Å². The molecule has 1 aromatic carbocycles. The lowest BCUT2D eigenvalue weighted by molar-refractivity contribution is -0.138. The molecule has 0 saturated heterocycles. The quantitative estimate of drug-likeness (QED) is 0.608. The Morgan fingerprint density at radius 1 is 1.27 bits per heavy atom. The molecule has 2 aliphatic heterocycles. The minimum atomic E-state index is -4.50. The Kier molecular flexibility index (Phi) is 6.85. The largest absolute Gasteiger partial charge is 0.416 e. The fraction of sp³-hybridized carbons (Fsp3) is 0.435. The van der Waals surface area contributed by atoms with E-state index in [0.29, 0.717) is 17.8 Å². The van der Waals surface area contributed by atoms with Gasteiger partial charge in [-0.25, -0.2) is 4.79 Å². The predicted molar refractivity (Wildman–Crippen MR) is 116 cm³/mol. The number of hydrogen-bond acceptors (Lipinski definition) is 3. The van der Waals surface area contributed by atoms with Gasteiger partial charge in [-0.1, -0.05) is 32.1 Å². The fourth-order valence-corrected chi connectivity index (χ4v) is 4.27. The maximum Gasteiger partial charge on any atom is 0.416 e. The Morgan fingerprint density at radius 2 is 1.91 bits per heavy atom. The van der Waals surface area contributed by atoms with Crippen molar-refractivity contribution in [2.45, 2.75) is 39.0 Å². The van der Waals surface area contributed by atoms with Crippen LogP contribution in [0.15, 0.2) is 48.2 Å². The van der Waals surface area contributed by atoms with E-state index in [-0.39, 0.29) is 30.5 Å². The summed E-state index contributed by atoms with van der Waals surface area (Å²) in [4.78, 5) is 42.0. The van der Waals surface area contributed by atoms with Gasteiger partial charge in [-0.15, -0.1) is 6.58 Å². The number of amides is 4. The predicted octanol–water partition coefficient (Wildman–Crippen LogP) is 3.21. The molecule has 0 fully saturated rings. The standard InChI is InChI=1S/C23H27F3N4O3/c1-5-11-27-20(31)19(13(3)4)30-12-16-17(21(30)32)18(28-22(33)29(16)6-2)14-7-9-15(10-8-14)23(24,25)26/h5,7-10,13,18-19H,1,6,11-12H2,2-4H3,(H,27,31)(H,28,33)/t18-,19-/m1/s1. The van der Waals surface area contributed by atoms with E-state index in [1.807, 2.05) is 13.8 Å². The molecule has 0 radical (unpaired) electrons. The van der Waals surface area contributed by atoms with Gasteiger partial charge in [0.05, 0.1) is 29.4 Å². The number of carbonyl (C=O) groups excluding carboxylic acids is 3. The molecular weight excluding hydrogens is 437 g/mol. The number of nitrogens with zero attached hydrogens (tertiary/aromatic N) is 2. The third-order valence-corrected chi connectivity index (χ3v) is 5.79. The second-order valence-corrected chi connectivity index (χ2v) is 8.26. The van der Waals surface area contributed by atoms with E-state index in [1.165, 1.54) is 28.0 Å². The molecule has 0 saturated carbocycles. The highest BCUT2D eigenvalue weighted by Crippen LogP contribution is 2.38. The van der Waals surface area contributed by atoms with Gasteiger partial charge in [0.2, 0.25) is 5.91 Å². The van der Waals surface area contributed by atoms with Crippen LogP contribution in [0.2, 0.25) is 0 Å². The molecule has 1 aromatic rings. The minimum absolute atomic E-state index is 0.0525. The Balaban J connectivity index is 2.00. The summed E-state index contributed by atoms with van der Waals surface area (Å²) in [6.45, 7) is 9.55. The number of alkyl halides is 3. The molecule has 0 spiro atoms. The molecule has 3 rings (SSSR count). The van der Waals surface area contributed by atoms with Gasteiger partial charge in [0, 0.05) is 13.1 Å². The molecule has 7 nitrogen and oxygen atoms in total. The Morgan fingerprint density at radius 3 is 2.42 bits per heavy atom. The van der Waals surface area contributed by atoms with E-state index in [2.05, 4.69) is 17.2 Å². The third-order valence-electron chi connectivity index (χ3n) is 5.79. The summed E-state index contributed by atoms with van der Waals surface area (Å²) in [7, 11) is 0. The Hall–Kier alpha value is -3.30. The molecule has 2 heterocycles. The zero-order chi connectivity index (χ0) is 24.5. The average molecular weight is 464 g/mol. The fourth-order valence-electron chi connectivity index (χ4n) is 4.27. The van der Waals surface area contributed by atoms with Gasteiger partial charge in [-0.2, -0.15) is 13.2 Å². The van der Waals surface area contributed by atoms with Crippen LogP contribution in [0.25, 0.3) is 0 Å². The summed E-state index contributed by atoms with van der Waals surface area (Å²) in [6, 6.07) is 2.20. The van der Waals surface area contributed by atoms with Crippen LogP contribution in [0.5, 0.6) is 0 Å². The van der Waals surface area contributed by atoms with Crippen molar-refractivity contribution in [3.63, 3.8) is 0 Å². The second kappa shape index (κ2) is 9.29. The Labute approximate surface area is 190 Å². The van der Waals surface area contributed by atoms with Gasteiger partial charge in [0.25, 0.3) is 5.91 Å². The monoisotopic (exact) mass is 464 g/mol. The molecule has 0 aromatic heterocycles. The zero-order valence-corrected chi connectivity index (χ0v) is 18.7. The molecule has 0 bridgehead atoms. The Bertz CT molecular complexity index is 986. The zero-order valence-electron chi connectivity index (χ0n) is 18.7. The van der Waals surface area contributed by atoms with E-state index >= 15 is 0 Å². The van der Waals surface area contributed by atoms with Crippen LogP contribution >= 0.6 is 0 Å². The normalized spacial score (nSPS) is 19.5. The maximum absolute atomic E-state index is 13.6. The molecule has 10 heteroatoms. The van der Waals surface area contributed by atoms with E-state index in [9.17, 15) is 27.6 Å². The lowest BCUT2D eigenvalue weighted by Crippen LogP contribution is -2.51. The third kappa shape index (κ3) is 4.60. The van der Waals surface area contributed by atoms with Crippen molar-refractivity contribution < 1.29 is 27.6 Å². The van der Waals surface area contributed by atoms with Crippen LogP contribution in [0.4, 0.5) is 18.0 Å². The highest BCUT2D eigenvalue weighted by molar-refractivity contribution is 6.03. The summed E-state index contributed by atoms with van der Waals surface area (Å²) in [5.41, 5.74) is 0.250. The van der Waals surface area contributed by atoms with E-state index in [1.54, 1.807) is 6.92 Å². The number of likely N-dealkylation sites (N-methyl/N-ethyl adjacent to an activating group) is 1. The first kappa shape index (κ1) is 24.3. The molecular formula is C23H27F3N4O3. The van der Waals surface area contributed by atoms with Crippen molar-refractivity contribution in [2.24, 2.45) is 5.92 Å². The summed E-state index contributed by atoms with van der Waals surface area (Å²) >= 11 is 0. The van der Waals surface area contributed by atoms with Crippen LogP contribution in [0.1, 0.15) is 37.9 Å². The molecule has 33 heavy (non-hydrogen) atoms. The van der Waals surface area contributed by atoms with Crippen molar-refractivity contribution in [1.29, 1.82) is 0 Å². The van der Waals surface area contributed by atoms with E-state index in [0.717, 1.165) is 12.1 Å². The molecule has 2 atom stereocenters. The van der Waals surface area contributed by atoms with Gasteiger partial charge in [0.1, 0.15) is 6.04 Å². The average Bonchev–Trinajstić information content (AvgIpc) is 3.07. The second-order valence-electron chi connectivity index (χ2n) is 8.26. The van der Waals surface area contributed by atoms with Gasteiger partial charge in [0.15, 0.2) is 0 Å². The number of halogens is 3. The lowest BCUT2D eigenvalue weighted by Gasteiger charge is -2.33. The van der Waals surface area contributed by atoms with Gasteiger partial charge >= 0.3 is 12.2 Å². The van der Waals surface area contributed by atoms with Crippen molar-refractivity contribution >= 4 is 17.8 Å². The van der Waals surface area contributed by atoms with Gasteiger partial charge in [-0.05, 0) is 30.5 Å². The summed E-state index contributed by atoms with van der Waals surface area (Å²) in [5.74, 6) is -0.990. The van der Waals surface area contributed by atoms with Crippen LogP contribution in [-0.2, 0) is 15.8 Å². The van der Waals surface area contributed by atoms with Crippen LogP contribution in [0.3, 0.4) is 0 Å². The van der Waals surface area contributed by atoms with Gasteiger partial charge < -0.3 is 15.5 Å². The molecule has 4 amide bonds. The molecule has 2 N–H and O–H groups in total. The number of rotatable bonds is 7. The summed E-state index contributed by atoms with van der Waals surface area (Å²) in [5, 5.41) is 5.45. The van der Waals surface area contributed by atoms with E-state index < -0.39 is 35.8 Å².